The first kappa shape index (κ1) is 23.0. The molecule has 2 amide bonds. The Morgan fingerprint density at radius 2 is 1.91 bits per heavy atom. The number of hydrogen-bond acceptors (Lipinski definition) is 6. The quantitative estimate of drug-likeness (QED) is 0.448. The summed E-state index contributed by atoms with van der Waals surface area (Å²) in [4.78, 5) is 17.0. The van der Waals surface area contributed by atoms with E-state index in [2.05, 4.69) is 25.8 Å². The van der Waals surface area contributed by atoms with Crippen LogP contribution in [0, 0.1) is 0 Å². The molecule has 176 valence electrons. The van der Waals surface area contributed by atoms with Crippen LogP contribution in [0.15, 0.2) is 42.6 Å². The van der Waals surface area contributed by atoms with Crippen LogP contribution in [-0.4, -0.2) is 54.2 Å². The molecule has 1 fully saturated rings. The van der Waals surface area contributed by atoms with Crippen molar-refractivity contribution in [1.82, 2.24) is 20.5 Å². The number of carbonyl (C=O) groups excluding carboxylic acids is 1. The summed E-state index contributed by atoms with van der Waals surface area (Å²) in [5.41, 5.74) is 1.77. The van der Waals surface area contributed by atoms with Gasteiger partial charge < -0.3 is 19.5 Å². The van der Waals surface area contributed by atoms with Gasteiger partial charge >= 0.3 is 6.03 Å². The topological polar surface area (TPSA) is 110 Å². The fraction of sp³-hybridized carbons (Fsp3) is 0.458. The van der Waals surface area contributed by atoms with Gasteiger partial charge in [-0.3, -0.25) is 10.4 Å². The van der Waals surface area contributed by atoms with Crippen molar-refractivity contribution in [1.29, 1.82) is 0 Å². The van der Waals surface area contributed by atoms with Gasteiger partial charge in [-0.25, -0.2) is 9.78 Å². The molecule has 3 N–H and O–H groups in total. The number of nitrogens with zero attached hydrogens (tertiary/aromatic N) is 2. The summed E-state index contributed by atoms with van der Waals surface area (Å²) in [5, 5.41) is 13.9. The molecule has 3 aromatic rings. The predicted octanol–water partition coefficient (Wildman–Crippen LogP) is 4.19. The van der Waals surface area contributed by atoms with Crippen LogP contribution in [0.3, 0.4) is 0 Å². The molecule has 9 nitrogen and oxygen atoms in total. The summed E-state index contributed by atoms with van der Waals surface area (Å²) >= 11 is 0. The number of nitrogens with one attached hydrogen (secondary N) is 3. The minimum Gasteiger partial charge on any atom is -0.473 e. The van der Waals surface area contributed by atoms with E-state index in [0.29, 0.717) is 30.8 Å². The fourth-order valence-electron chi connectivity index (χ4n) is 4.15. The second-order valence-corrected chi connectivity index (χ2v) is 8.24. The molecule has 4 rings (SSSR count). The standard InChI is InChI=1S/C24H31N5O4/c1-31-13-12-20(16-6-4-3-5-7-16)26-24(30)27-22-14-21-19(15-25-22)23(29-28-21)33-18-10-8-17(32-2)9-11-18/h3-7,14-15,17-18,20H,8-13H2,1-2H3,(H,28,29)(H2,25,26,27,30). The van der Waals surface area contributed by atoms with Gasteiger partial charge in [0, 0.05) is 33.1 Å². The van der Waals surface area contributed by atoms with E-state index in [0.717, 1.165) is 42.1 Å². The number of benzene rings is 1. The molecule has 0 radical (unpaired) electrons. The highest BCUT2D eigenvalue weighted by molar-refractivity contribution is 5.92. The van der Waals surface area contributed by atoms with Crippen LogP contribution in [0.5, 0.6) is 5.88 Å². The number of aromatic amines is 1. The zero-order chi connectivity index (χ0) is 23.0. The van der Waals surface area contributed by atoms with Crippen molar-refractivity contribution in [2.75, 3.05) is 26.1 Å². The number of urea groups is 1. The van der Waals surface area contributed by atoms with Crippen LogP contribution < -0.4 is 15.4 Å². The third-order valence-corrected chi connectivity index (χ3v) is 6.00. The Kier molecular flexibility index (Phi) is 7.74. The zero-order valence-electron chi connectivity index (χ0n) is 19.0. The maximum atomic E-state index is 12.7. The molecular weight excluding hydrogens is 422 g/mol. The Bertz CT molecular complexity index is 1030. The van der Waals surface area contributed by atoms with Gasteiger partial charge in [0.05, 0.1) is 23.0 Å². The van der Waals surface area contributed by atoms with E-state index in [9.17, 15) is 4.79 Å². The smallest absolute Gasteiger partial charge is 0.320 e. The van der Waals surface area contributed by atoms with E-state index in [4.69, 9.17) is 14.2 Å². The van der Waals surface area contributed by atoms with Gasteiger partial charge in [0.25, 0.3) is 0 Å². The first-order chi connectivity index (χ1) is 16.2. The number of ether oxygens (including phenoxy) is 3. The number of methoxy groups -OCH3 is 2. The number of pyridine rings is 1. The van der Waals surface area contributed by atoms with Crippen molar-refractivity contribution < 1.29 is 19.0 Å². The van der Waals surface area contributed by atoms with Gasteiger partial charge in [0.2, 0.25) is 5.88 Å². The second kappa shape index (κ2) is 11.1. The van der Waals surface area contributed by atoms with Gasteiger partial charge in [-0.15, -0.1) is 5.10 Å². The van der Waals surface area contributed by atoms with Crippen molar-refractivity contribution in [2.45, 2.75) is 50.4 Å². The summed E-state index contributed by atoms with van der Waals surface area (Å²) in [6, 6.07) is 11.1. The number of anilines is 1. The molecule has 1 aromatic carbocycles. The summed E-state index contributed by atoms with van der Waals surface area (Å²) in [7, 11) is 3.40. The minimum atomic E-state index is -0.335. The van der Waals surface area contributed by atoms with Crippen molar-refractivity contribution >= 4 is 22.8 Å². The van der Waals surface area contributed by atoms with Crippen LogP contribution in [0.4, 0.5) is 10.6 Å². The average molecular weight is 454 g/mol. The first-order valence-corrected chi connectivity index (χ1v) is 11.3. The first-order valence-electron chi connectivity index (χ1n) is 11.3. The number of amides is 2. The number of hydrogen-bond donors (Lipinski definition) is 3. The lowest BCUT2D eigenvalue weighted by Crippen LogP contribution is -2.33. The molecule has 33 heavy (non-hydrogen) atoms. The highest BCUT2D eigenvalue weighted by Crippen LogP contribution is 2.29. The maximum Gasteiger partial charge on any atom is 0.320 e. The Morgan fingerprint density at radius 1 is 1.15 bits per heavy atom. The maximum absolute atomic E-state index is 12.7. The van der Waals surface area contributed by atoms with E-state index in [1.54, 1.807) is 26.5 Å². The largest absolute Gasteiger partial charge is 0.473 e. The molecule has 2 heterocycles. The number of rotatable bonds is 9. The number of aromatic nitrogens is 3. The predicted molar refractivity (Wildman–Crippen MR) is 125 cm³/mol. The highest BCUT2D eigenvalue weighted by atomic mass is 16.5. The molecule has 0 spiro atoms. The number of fused-ring (bicyclic) bond motifs is 1. The molecule has 0 bridgehead atoms. The molecule has 1 saturated carbocycles. The molecule has 2 aromatic heterocycles. The van der Waals surface area contributed by atoms with Crippen molar-refractivity contribution in [2.24, 2.45) is 0 Å². The van der Waals surface area contributed by atoms with E-state index in [1.165, 1.54) is 0 Å². The number of carbonyl (C=O) groups is 1. The Hall–Kier alpha value is -3.17. The highest BCUT2D eigenvalue weighted by Gasteiger charge is 2.23. The third-order valence-electron chi connectivity index (χ3n) is 6.00. The van der Waals surface area contributed by atoms with Crippen LogP contribution in [0.25, 0.3) is 10.9 Å². The normalized spacial score (nSPS) is 19.2. The van der Waals surface area contributed by atoms with Crippen LogP contribution >= 0.6 is 0 Å². The van der Waals surface area contributed by atoms with E-state index in [1.807, 2.05) is 30.3 Å². The van der Waals surface area contributed by atoms with Crippen LogP contribution in [0.2, 0.25) is 0 Å². The molecule has 9 heteroatoms. The van der Waals surface area contributed by atoms with Crippen molar-refractivity contribution in [3.05, 3.63) is 48.2 Å². The molecule has 0 aliphatic heterocycles. The Labute approximate surface area is 193 Å². The van der Waals surface area contributed by atoms with E-state index >= 15 is 0 Å². The summed E-state index contributed by atoms with van der Waals surface area (Å²) in [6.07, 6.45) is 6.61. The van der Waals surface area contributed by atoms with Crippen LogP contribution in [-0.2, 0) is 9.47 Å². The lowest BCUT2D eigenvalue weighted by Gasteiger charge is -2.27. The molecule has 1 aliphatic carbocycles. The Morgan fingerprint density at radius 3 is 2.64 bits per heavy atom. The average Bonchev–Trinajstić information content (AvgIpc) is 3.24. The molecule has 1 unspecified atom stereocenters. The lowest BCUT2D eigenvalue weighted by atomic mass is 9.95. The summed E-state index contributed by atoms with van der Waals surface area (Å²) < 4.78 is 16.7. The Balaban J connectivity index is 1.38. The van der Waals surface area contributed by atoms with Crippen molar-refractivity contribution in [3.8, 4) is 5.88 Å². The van der Waals surface area contributed by atoms with Gasteiger partial charge in [0.1, 0.15) is 11.9 Å². The summed E-state index contributed by atoms with van der Waals surface area (Å²) in [5.74, 6) is 0.965. The summed E-state index contributed by atoms with van der Waals surface area (Å²) in [6.45, 7) is 0.536. The van der Waals surface area contributed by atoms with E-state index in [-0.39, 0.29) is 18.2 Å². The molecule has 1 atom stereocenters. The van der Waals surface area contributed by atoms with Crippen LogP contribution in [0.1, 0.15) is 43.7 Å². The van der Waals surface area contributed by atoms with Gasteiger partial charge in [-0.2, -0.15) is 0 Å². The SMILES string of the molecule is COCCC(NC(=O)Nc1cc2[nH]nc(OC3CCC(OC)CC3)c2cn1)c1ccccc1. The second-order valence-electron chi connectivity index (χ2n) is 8.24. The zero-order valence-corrected chi connectivity index (χ0v) is 19.0. The molecule has 1 aliphatic rings. The van der Waals surface area contributed by atoms with Gasteiger partial charge in [-0.1, -0.05) is 30.3 Å². The lowest BCUT2D eigenvalue weighted by molar-refractivity contribution is 0.0318. The van der Waals surface area contributed by atoms with E-state index < -0.39 is 0 Å². The molecular formula is C24H31N5O4. The van der Waals surface area contributed by atoms with Gasteiger partial charge in [-0.05, 0) is 37.7 Å². The fourth-order valence-corrected chi connectivity index (χ4v) is 4.15. The third kappa shape index (κ3) is 6.00. The monoisotopic (exact) mass is 453 g/mol. The van der Waals surface area contributed by atoms with Crippen molar-refractivity contribution in [3.63, 3.8) is 0 Å². The minimum absolute atomic E-state index is 0.119. The van der Waals surface area contributed by atoms with Gasteiger partial charge in [0.15, 0.2) is 0 Å². The molecule has 0 saturated heterocycles. The number of H-pyrrole nitrogens is 1.